The van der Waals surface area contributed by atoms with Crippen LogP contribution in [-0.4, -0.2) is 32.8 Å². The lowest BCUT2D eigenvalue weighted by atomic mass is 10.1. The highest BCUT2D eigenvalue weighted by molar-refractivity contribution is 5.55. The molecule has 1 heterocycles. The first kappa shape index (κ1) is 12.3. The van der Waals surface area contributed by atoms with Gasteiger partial charge < -0.3 is 15.4 Å². The summed E-state index contributed by atoms with van der Waals surface area (Å²) in [5.41, 5.74) is 7.31. The molecular formula is C13H19FN2O. The number of nitrogens with zero attached hydrogens (tertiary/aromatic N) is 1. The van der Waals surface area contributed by atoms with Gasteiger partial charge in [0.05, 0.1) is 18.9 Å². The van der Waals surface area contributed by atoms with Crippen LogP contribution in [0.4, 0.5) is 10.1 Å². The molecule has 0 radical (unpaired) electrons. The van der Waals surface area contributed by atoms with Crippen molar-refractivity contribution >= 4 is 5.69 Å². The molecule has 1 aromatic rings. The quantitative estimate of drug-likeness (QED) is 0.865. The fraction of sp³-hybridized carbons (Fsp3) is 0.538. The Bertz CT molecular complexity index is 364. The first-order chi connectivity index (χ1) is 8.33. The molecule has 1 fully saturated rings. The zero-order valence-corrected chi connectivity index (χ0v) is 9.99. The highest BCUT2D eigenvalue weighted by Crippen LogP contribution is 2.26. The number of nitrogens with two attached hydrogens (primary N) is 1. The Hall–Kier alpha value is -1.13. The maximum Gasteiger partial charge on any atom is 0.146 e. The van der Waals surface area contributed by atoms with Gasteiger partial charge in [0.25, 0.3) is 0 Å². The van der Waals surface area contributed by atoms with Crippen LogP contribution in [0.3, 0.4) is 0 Å². The summed E-state index contributed by atoms with van der Waals surface area (Å²) in [6.07, 6.45) is 1.72. The number of anilines is 1. The highest BCUT2D eigenvalue weighted by atomic mass is 19.1. The van der Waals surface area contributed by atoms with Crippen LogP contribution in [0.15, 0.2) is 18.2 Å². The lowest BCUT2D eigenvalue weighted by molar-refractivity contribution is 0.122. The number of ether oxygens (including phenoxy) is 1. The van der Waals surface area contributed by atoms with Gasteiger partial charge in [-0.05, 0) is 31.0 Å². The Labute approximate surface area is 101 Å². The van der Waals surface area contributed by atoms with E-state index in [1.807, 2.05) is 6.07 Å². The summed E-state index contributed by atoms with van der Waals surface area (Å²) in [7, 11) is 0. The van der Waals surface area contributed by atoms with Gasteiger partial charge in [-0.2, -0.15) is 0 Å². The number of hydrogen-bond donors (Lipinski definition) is 1. The third-order valence-electron chi connectivity index (χ3n) is 3.05. The molecule has 1 aliphatic heterocycles. The van der Waals surface area contributed by atoms with Crippen LogP contribution in [0, 0.1) is 5.82 Å². The lowest BCUT2D eigenvalue weighted by Crippen LogP contribution is -2.37. The topological polar surface area (TPSA) is 38.5 Å². The maximum absolute atomic E-state index is 13.9. The van der Waals surface area contributed by atoms with Gasteiger partial charge in [-0.15, -0.1) is 0 Å². The van der Waals surface area contributed by atoms with Crippen molar-refractivity contribution in [2.75, 3.05) is 37.7 Å². The second kappa shape index (κ2) is 5.98. The smallest absolute Gasteiger partial charge is 0.146 e. The minimum Gasteiger partial charge on any atom is -0.378 e. The zero-order chi connectivity index (χ0) is 12.1. The molecule has 0 bridgehead atoms. The lowest BCUT2D eigenvalue weighted by Gasteiger charge is -2.31. The summed E-state index contributed by atoms with van der Waals surface area (Å²) >= 11 is 0. The molecule has 0 unspecified atom stereocenters. The molecule has 1 aromatic carbocycles. The van der Waals surface area contributed by atoms with Crippen LogP contribution in [0.1, 0.15) is 12.0 Å². The molecule has 0 saturated carbocycles. The Morgan fingerprint density at radius 2 is 2.06 bits per heavy atom. The van der Waals surface area contributed by atoms with Crippen molar-refractivity contribution in [1.29, 1.82) is 0 Å². The van der Waals surface area contributed by atoms with E-state index in [0.717, 1.165) is 37.2 Å². The van der Waals surface area contributed by atoms with E-state index < -0.39 is 0 Å². The van der Waals surface area contributed by atoms with Crippen molar-refractivity contribution in [3.05, 3.63) is 29.6 Å². The summed E-state index contributed by atoms with van der Waals surface area (Å²) in [4.78, 5) is 2.07. The molecule has 94 valence electrons. The fourth-order valence-corrected chi connectivity index (χ4v) is 2.20. The van der Waals surface area contributed by atoms with Crippen LogP contribution in [0.5, 0.6) is 0 Å². The second-order valence-corrected chi connectivity index (χ2v) is 4.24. The van der Waals surface area contributed by atoms with Gasteiger partial charge in [0, 0.05) is 13.1 Å². The SMILES string of the molecule is NCCCc1cccc(F)c1N1CCOCC1. The van der Waals surface area contributed by atoms with Crippen LogP contribution in [0.2, 0.25) is 0 Å². The molecule has 1 aliphatic rings. The van der Waals surface area contributed by atoms with Crippen molar-refractivity contribution in [3.63, 3.8) is 0 Å². The zero-order valence-electron chi connectivity index (χ0n) is 9.99. The highest BCUT2D eigenvalue weighted by Gasteiger charge is 2.18. The number of aryl methyl sites for hydroxylation is 1. The normalized spacial score (nSPS) is 16.2. The van der Waals surface area contributed by atoms with Gasteiger partial charge in [0.15, 0.2) is 0 Å². The van der Waals surface area contributed by atoms with Crippen LogP contribution < -0.4 is 10.6 Å². The Morgan fingerprint density at radius 3 is 2.76 bits per heavy atom. The van der Waals surface area contributed by atoms with E-state index in [9.17, 15) is 4.39 Å². The minimum atomic E-state index is -0.138. The number of para-hydroxylation sites is 1. The van der Waals surface area contributed by atoms with E-state index in [2.05, 4.69) is 4.90 Å². The number of hydrogen-bond acceptors (Lipinski definition) is 3. The molecule has 4 heteroatoms. The van der Waals surface area contributed by atoms with Gasteiger partial charge in [-0.3, -0.25) is 0 Å². The molecule has 2 rings (SSSR count). The van der Waals surface area contributed by atoms with Gasteiger partial charge in [-0.1, -0.05) is 12.1 Å². The van der Waals surface area contributed by atoms with Crippen molar-refractivity contribution in [1.82, 2.24) is 0 Å². The number of morpholine rings is 1. The number of rotatable bonds is 4. The van der Waals surface area contributed by atoms with E-state index >= 15 is 0 Å². The first-order valence-corrected chi connectivity index (χ1v) is 6.13. The van der Waals surface area contributed by atoms with Crippen LogP contribution in [0.25, 0.3) is 0 Å². The predicted octanol–water partition coefficient (Wildman–Crippen LogP) is 1.55. The van der Waals surface area contributed by atoms with Crippen LogP contribution in [-0.2, 0) is 11.2 Å². The van der Waals surface area contributed by atoms with Gasteiger partial charge in [-0.25, -0.2) is 4.39 Å². The standard InChI is InChI=1S/C13H19FN2O/c14-12-5-1-3-11(4-2-6-15)13(12)16-7-9-17-10-8-16/h1,3,5H,2,4,6-10,15H2. The van der Waals surface area contributed by atoms with E-state index in [0.29, 0.717) is 19.8 Å². The van der Waals surface area contributed by atoms with Crippen molar-refractivity contribution in [3.8, 4) is 0 Å². The van der Waals surface area contributed by atoms with Crippen LogP contribution >= 0.6 is 0 Å². The summed E-state index contributed by atoms with van der Waals surface area (Å²) < 4.78 is 19.2. The maximum atomic E-state index is 13.9. The third kappa shape index (κ3) is 2.96. The van der Waals surface area contributed by atoms with Gasteiger partial charge >= 0.3 is 0 Å². The largest absolute Gasteiger partial charge is 0.378 e. The minimum absolute atomic E-state index is 0.138. The van der Waals surface area contributed by atoms with E-state index in [1.165, 1.54) is 6.07 Å². The molecule has 3 nitrogen and oxygen atoms in total. The third-order valence-corrected chi connectivity index (χ3v) is 3.05. The van der Waals surface area contributed by atoms with Gasteiger partial charge in [0.2, 0.25) is 0 Å². The van der Waals surface area contributed by atoms with E-state index in [4.69, 9.17) is 10.5 Å². The van der Waals surface area contributed by atoms with Crippen molar-refractivity contribution in [2.45, 2.75) is 12.8 Å². The molecular weight excluding hydrogens is 219 g/mol. The molecule has 1 saturated heterocycles. The molecule has 17 heavy (non-hydrogen) atoms. The van der Waals surface area contributed by atoms with Crippen molar-refractivity contribution < 1.29 is 9.13 Å². The summed E-state index contributed by atoms with van der Waals surface area (Å²) in [6.45, 7) is 3.50. The Kier molecular flexibility index (Phi) is 4.34. The number of halogens is 1. The van der Waals surface area contributed by atoms with E-state index in [1.54, 1.807) is 6.07 Å². The molecule has 0 aromatic heterocycles. The second-order valence-electron chi connectivity index (χ2n) is 4.24. The summed E-state index contributed by atoms with van der Waals surface area (Å²) in [5, 5.41) is 0. The fourth-order valence-electron chi connectivity index (χ4n) is 2.20. The molecule has 2 N–H and O–H groups in total. The average molecular weight is 238 g/mol. The average Bonchev–Trinajstić information content (AvgIpc) is 2.37. The summed E-state index contributed by atoms with van der Waals surface area (Å²) in [5.74, 6) is -0.138. The number of benzene rings is 1. The monoisotopic (exact) mass is 238 g/mol. The van der Waals surface area contributed by atoms with Gasteiger partial charge in [0.1, 0.15) is 5.82 Å². The Morgan fingerprint density at radius 1 is 1.29 bits per heavy atom. The molecule has 0 amide bonds. The predicted molar refractivity (Wildman–Crippen MR) is 66.8 cm³/mol. The van der Waals surface area contributed by atoms with E-state index in [-0.39, 0.29) is 5.82 Å². The Balaban J connectivity index is 2.22. The molecule has 0 atom stereocenters. The first-order valence-electron chi connectivity index (χ1n) is 6.13. The van der Waals surface area contributed by atoms with Crippen molar-refractivity contribution in [2.24, 2.45) is 5.73 Å². The molecule has 0 spiro atoms. The molecule has 0 aliphatic carbocycles. The summed E-state index contributed by atoms with van der Waals surface area (Å²) in [6, 6.07) is 5.28.